The van der Waals surface area contributed by atoms with Gasteiger partial charge in [0.25, 0.3) is 0 Å². The molecule has 3 rings (SSSR count). The fraction of sp³-hybridized carbons (Fsp3) is 0.200. The van der Waals surface area contributed by atoms with Crippen LogP contribution in [0, 0.1) is 0 Å². The SMILES string of the molecule is OC(CCc1ccoc1-c1ccccc1Cl)c1ncn[nH]1. The molecule has 0 aliphatic carbocycles. The Morgan fingerprint density at radius 2 is 2.14 bits per heavy atom. The molecule has 0 saturated carbocycles. The molecule has 5 nitrogen and oxygen atoms in total. The Kier molecular flexibility index (Phi) is 4.03. The number of halogens is 1. The average Bonchev–Trinajstić information content (AvgIpc) is 3.17. The van der Waals surface area contributed by atoms with Crippen LogP contribution in [0.25, 0.3) is 11.3 Å². The maximum Gasteiger partial charge on any atom is 0.153 e. The number of nitrogens with zero attached hydrogens (tertiary/aromatic N) is 2. The zero-order valence-electron chi connectivity index (χ0n) is 11.2. The molecule has 0 bridgehead atoms. The summed E-state index contributed by atoms with van der Waals surface area (Å²) in [5.41, 5.74) is 1.86. The van der Waals surface area contributed by atoms with Crippen LogP contribution in [0.3, 0.4) is 0 Å². The first-order valence-corrected chi connectivity index (χ1v) is 6.98. The second-order valence-electron chi connectivity index (χ2n) is 4.68. The van der Waals surface area contributed by atoms with Gasteiger partial charge in [0, 0.05) is 5.56 Å². The highest BCUT2D eigenvalue weighted by Crippen LogP contribution is 2.32. The topological polar surface area (TPSA) is 74.9 Å². The fourth-order valence-corrected chi connectivity index (χ4v) is 2.44. The number of aryl methyl sites for hydroxylation is 1. The predicted octanol–water partition coefficient (Wildman–Crippen LogP) is 3.38. The molecular weight excluding hydrogens is 290 g/mol. The minimum atomic E-state index is -0.679. The molecule has 1 atom stereocenters. The summed E-state index contributed by atoms with van der Waals surface area (Å²) in [6.45, 7) is 0. The van der Waals surface area contributed by atoms with Gasteiger partial charge in [-0.15, -0.1) is 0 Å². The first-order valence-electron chi connectivity index (χ1n) is 6.60. The van der Waals surface area contributed by atoms with E-state index >= 15 is 0 Å². The summed E-state index contributed by atoms with van der Waals surface area (Å²) in [7, 11) is 0. The van der Waals surface area contributed by atoms with E-state index in [-0.39, 0.29) is 0 Å². The van der Waals surface area contributed by atoms with Gasteiger partial charge in [0.2, 0.25) is 0 Å². The van der Waals surface area contributed by atoms with Crippen LogP contribution in [0.4, 0.5) is 0 Å². The van der Waals surface area contributed by atoms with Crippen molar-refractivity contribution in [3.8, 4) is 11.3 Å². The molecule has 2 aromatic heterocycles. The van der Waals surface area contributed by atoms with E-state index in [1.165, 1.54) is 6.33 Å². The number of aromatic amines is 1. The van der Waals surface area contributed by atoms with Crippen LogP contribution < -0.4 is 0 Å². The zero-order valence-corrected chi connectivity index (χ0v) is 11.9. The normalized spacial score (nSPS) is 12.5. The average molecular weight is 304 g/mol. The van der Waals surface area contributed by atoms with Gasteiger partial charge in [0.15, 0.2) is 5.82 Å². The maximum atomic E-state index is 10.0. The van der Waals surface area contributed by atoms with Gasteiger partial charge in [0.05, 0.1) is 11.3 Å². The Hall–Kier alpha value is -2.11. The largest absolute Gasteiger partial charge is 0.464 e. The Balaban J connectivity index is 1.76. The molecule has 0 fully saturated rings. The molecule has 21 heavy (non-hydrogen) atoms. The molecule has 108 valence electrons. The molecular formula is C15H14ClN3O2. The Morgan fingerprint density at radius 3 is 2.90 bits per heavy atom. The Labute approximate surface area is 126 Å². The highest BCUT2D eigenvalue weighted by atomic mass is 35.5. The van der Waals surface area contributed by atoms with Crippen molar-refractivity contribution >= 4 is 11.6 Å². The minimum Gasteiger partial charge on any atom is -0.464 e. The molecule has 2 N–H and O–H groups in total. The van der Waals surface area contributed by atoms with Crippen molar-refractivity contribution in [1.82, 2.24) is 15.2 Å². The number of aliphatic hydroxyl groups is 1. The molecule has 2 heterocycles. The highest BCUT2D eigenvalue weighted by Gasteiger charge is 2.15. The molecule has 0 spiro atoms. The van der Waals surface area contributed by atoms with Gasteiger partial charge in [-0.05, 0) is 36.6 Å². The summed E-state index contributed by atoms with van der Waals surface area (Å²) < 4.78 is 5.55. The van der Waals surface area contributed by atoms with Crippen LogP contribution in [0.1, 0.15) is 23.9 Å². The third-order valence-electron chi connectivity index (χ3n) is 3.30. The summed E-state index contributed by atoms with van der Waals surface area (Å²) in [6, 6.07) is 9.43. The van der Waals surface area contributed by atoms with E-state index in [0.29, 0.717) is 23.7 Å². The summed E-state index contributed by atoms with van der Waals surface area (Å²) in [5.74, 6) is 1.21. The summed E-state index contributed by atoms with van der Waals surface area (Å²) in [6.07, 6.45) is 3.51. The summed E-state index contributed by atoms with van der Waals surface area (Å²) in [4.78, 5) is 3.95. The van der Waals surface area contributed by atoms with Crippen LogP contribution in [0.5, 0.6) is 0 Å². The quantitative estimate of drug-likeness (QED) is 0.757. The number of hydrogen-bond acceptors (Lipinski definition) is 4. The first-order chi connectivity index (χ1) is 10.3. The number of nitrogens with one attached hydrogen (secondary N) is 1. The van der Waals surface area contributed by atoms with E-state index in [0.717, 1.165) is 16.9 Å². The van der Waals surface area contributed by atoms with Crippen LogP contribution in [0.15, 0.2) is 47.3 Å². The van der Waals surface area contributed by atoms with E-state index in [2.05, 4.69) is 15.2 Å². The van der Waals surface area contributed by atoms with Crippen LogP contribution >= 0.6 is 11.6 Å². The van der Waals surface area contributed by atoms with Crippen molar-refractivity contribution in [2.45, 2.75) is 18.9 Å². The number of rotatable bonds is 5. The second kappa shape index (κ2) is 6.11. The number of aliphatic hydroxyl groups excluding tert-OH is 1. The van der Waals surface area contributed by atoms with Crippen LogP contribution in [-0.2, 0) is 6.42 Å². The molecule has 0 aliphatic heterocycles. The number of H-pyrrole nitrogens is 1. The summed E-state index contributed by atoms with van der Waals surface area (Å²) >= 11 is 6.20. The minimum absolute atomic E-state index is 0.470. The lowest BCUT2D eigenvalue weighted by Crippen LogP contribution is -2.02. The van der Waals surface area contributed by atoms with Crippen molar-refractivity contribution in [2.75, 3.05) is 0 Å². The van der Waals surface area contributed by atoms with Crippen molar-refractivity contribution in [2.24, 2.45) is 0 Å². The molecule has 0 amide bonds. The van der Waals surface area contributed by atoms with Gasteiger partial charge >= 0.3 is 0 Å². The monoisotopic (exact) mass is 303 g/mol. The third-order valence-corrected chi connectivity index (χ3v) is 3.63. The van der Waals surface area contributed by atoms with E-state index in [4.69, 9.17) is 16.0 Å². The molecule has 1 aromatic carbocycles. The van der Waals surface area contributed by atoms with Crippen LogP contribution in [-0.4, -0.2) is 20.3 Å². The molecule has 6 heteroatoms. The second-order valence-corrected chi connectivity index (χ2v) is 5.09. The summed E-state index contributed by atoms with van der Waals surface area (Å²) in [5, 5.41) is 17.1. The van der Waals surface area contributed by atoms with Gasteiger partial charge in [0.1, 0.15) is 18.2 Å². The molecule has 0 saturated heterocycles. The Morgan fingerprint density at radius 1 is 1.29 bits per heavy atom. The van der Waals surface area contributed by atoms with Crippen molar-refractivity contribution in [1.29, 1.82) is 0 Å². The number of aromatic nitrogens is 3. The molecule has 3 aromatic rings. The Bertz CT molecular complexity index is 709. The van der Waals surface area contributed by atoms with E-state index in [1.807, 2.05) is 30.3 Å². The van der Waals surface area contributed by atoms with E-state index in [9.17, 15) is 5.11 Å². The van der Waals surface area contributed by atoms with Gasteiger partial charge in [-0.1, -0.05) is 23.7 Å². The number of hydrogen-bond donors (Lipinski definition) is 2. The van der Waals surface area contributed by atoms with Gasteiger partial charge in [-0.25, -0.2) is 4.98 Å². The van der Waals surface area contributed by atoms with Crippen LogP contribution in [0.2, 0.25) is 5.02 Å². The zero-order chi connectivity index (χ0) is 14.7. The lowest BCUT2D eigenvalue weighted by molar-refractivity contribution is 0.158. The highest BCUT2D eigenvalue weighted by molar-refractivity contribution is 6.33. The molecule has 0 aliphatic rings. The first kappa shape index (κ1) is 13.9. The lowest BCUT2D eigenvalue weighted by Gasteiger charge is -2.08. The number of benzene rings is 1. The van der Waals surface area contributed by atoms with Crippen molar-refractivity contribution in [3.63, 3.8) is 0 Å². The fourth-order valence-electron chi connectivity index (χ4n) is 2.22. The molecule has 0 radical (unpaired) electrons. The van der Waals surface area contributed by atoms with Gasteiger partial charge in [-0.3, -0.25) is 5.10 Å². The van der Waals surface area contributed by atoms with Crippen molar-refractivity contribution in [3.05, 3.63) is 59.3 Å². The molecule has 1 unspecified atom stereocenters. The third kappa shape index (κ3) is 2.99. The predicted molar refractivity (Wildman–Crippen MR) is 78.8 cm³/mol. The standard InChI is InChI=1S/C15H14ClN3O2/c16-12-4-2-1-3-11(12)14-10(7-8-21-14)5-6-13(20)15-17-9-18-19-15/h1-4,7-9,13,20H,5-6H2,(H,17,18,19). The smallest absolute Gasteiger partial charge is 0.153 e. The van der Waals surface area contributed by atoms with Crippen molar-refractivity contribution < 1.29 is 9.52 Å². The number of furan rings is 1. The lowest BCUT2D eigenvalue weighted by atomic mass is 10.0. The van der Waals surface area contributed by atoms with Gasteiger partial charge < -0.3 is 9.52 Å². The maximum absolute atomic E-state index is 10.0. The van der Waals surface area contributed by atoms with E-state index < -0.39 is 6.10 Å². The van der Waals surface area contributed by atoms with E-state index in [1.54, 1.807) is 6.26 Å². The van der Waals surface area contributed by atoms with Gasteiger partial charge in [-0.2, -0.15) is 5.10 Å².